The van der Waals surface area contributed by atoms with Crippen molar-refractivity contribution < 1.29 is 4.84 Å². The number of aromatic nitrogens is 1. The zero-order valence-electron chi connectivity index (χ0n) is 6.22. The van der Waals surface area contributed by atoms with Gasteiger partial charge < -0.3 is 4.98 Å². The predicted octanol–water partition coefficient (Wildman–Crippen LogP) is 1.14. The van der Waals surface area contributed by atoms with Gasteiger partial charge in [-0.3, -0.25) is 4.84 Å². The first-order chi connectivity index (χ1) is 4.67. The van der Waals surface area contributed by atoms with Gasteiger partial charge in [0, 0.05) is 18.0 Å². The van der Waals surface area contributed by atoms with Crippen LogP contribution < -0.4 is 5.90 Å². The van der Waals surface area contributed by atoms with Crippen molar-refractivity contribution in [3.63, 3.8) is 0 Å². The van der Waals surface area contributed by atoms with Gasteiger partial charge in [-0.1, -0.05) is 0 Å². The molecule has 10 heavy (non-hydrogen) atoms. The van der Waals surface area contributed by atoms with Crippen molar-refractivity contribution in [1.29, 1.82) is 0 Å². The zero-order chi connectivity index (χ0) is 7.61. The van der Waals surface area contributed by atoms with Crippen molar-refractivity contribution in [2.45, 2.75) is 19.4 Å². The standard InChI is InChI=1S/C7H12N2O/c1-7(2,10-8)6-3-4-9-5-6/h3-5,9H,8H2,1-2H3. The summed E-state index contributed by atoms with van der Waals surface area (Å²) in [6, 6.07) is 1.94. The minimum atomic E-state index is -0.389. The van der Waals surface area contributed by atoms with Crippen LogP contribution in [0.1, 0.15) is 19.4 Å². The van der Waals surface area contributed by atoms with E-state index >= 15 is 0 Å². The van der Waals surface area contributed by atoms with Gasteiger partial charge in [0.05, 0.1) is 0 Å². The summed E-state index contributed by atoms with van der Waals surface area (Å²) in [7, 11) is 0. The van der Waals surface area contributed by atoms with Gasteiger partial charge in [0.25, 0.3) is 0 Å². The molecule has 1 rings (SSSR count). The molecular weight excluding hydrogens is 128 g/mol. The van der Waals surface area contributed by atoms with Crippen LogP contribution in [0.3, 0.4) is 0 Å². The lowest BCUT2D eigenvalue weighted by molar-refractivity contribution is -0.0235. The van der Waals surface area contributed by atoms with Crippen LogP contribution in [-0.4, -0.2) is 4.98 Å². The lowest BCUT2D eigenvalue weighted by atomic mass is 10.0. The van der Waals surface area contributed by atoms with E-state index in [4.69, 9.17) is 10.7 Å². The van der Waals surface area contributed by atoms with Gasteiger partial charge in [-0.2, -0.15) is 0 Å². The highest BCUT2D eigenvalue weighted by Gasteiger charge is 2.19. The first-order valence-electron chi connectivity index (χ1n) is 3.18. The molecule has 0 spiro atoms. The molecule has 0 fully saturated rings. The third-order valence-electron chi connectivity index (χ3n) is 1.59. The molecule has 3 nitrogen and oxygen atoms in total. The first kappa shape index (κ1) is 7.31. The Labute approximate surface area is 60.1 Å². The van der Waals surface area contributed by atoms with E-state index in [0.29, 0.717) is 0 Å². The molecule has 0 unspecified atom stereocenters. The van der Waals surface area contributed by atoms with Gasteiger partial charge in [0.1, 0.15) is 5.60 Å². The number of rotatable bonds is 2. The quantitative estimate of drug-likeness (QED) is 0.605. The van der Waals surface area contributed by atoms with Crippen LogP contribution in [0.5, 0.6) is 0 Å². The lowest BCUT2D eigenvalue weighted by Gasteiger charge is -2.19. The molecule has 1 aromatic rings. The molecule has 0 bridgehead atoms. The van der Waals surface area contributed by atoms with Crippen LogP contribution in [0.4, 0.5) is 0 Å². The number of aromatic amines is 1. The summed E-state index contributed by atoms with van der Waals surface area (Å²) in [5.41, 5.74) is 0.662. The van der Waals surface area contributed by atoms with E-state index in [1.807, 2.05) is 32.3 Å². The summed E-state index contributed by atoms with van der Waals surface area (Å²) in [4.78, 5) is 7.70. The number of hydrogen-bond donors (Lipinski definition) is 2. The van der Waals surface area contributed by atoms with Crippen molar-refractivity contribution in [2.24, 2.45) is 5.90 Å². The second-order valence-corrected chi connectivity index (χ2v) is 2.73. The largest absolute Gasteiger partial charge is 0.367 e. The fraction of sp³-hybridized carbons (Fsp3) is 0.429. The molecule has 3 heteroatoms. The fourth-order valence-electron chi connectivity index (χ4n) is 0.766. The van der Waals surface area contributed by atoms with Crippen LogP contribution >= 0.6 is 0 Å². The summed E-state index contributed by atoms with van der Waals surface area (Å²) in [6.45, 7) is 3.83. The maximum absolute atomic E-state index is 5.08. The van der Waals surface area contributed by atoms with Crippen LogP contribution in [0.15, 0.2) is 18.5 Å². The molecule has 3 N–H and O–H groups in total. The Hall–Kier alpha value is -0.800. The summed E-state index contributed by atoms with van der Waals surface area (Å²) in [5, 5.41) is 0. The summed E-state index contributed by atoms with van der Waals surface area (Å²) >= 11 is 0. The second kappa shape index (κ2) is 2.44. The summed E-state index contributed by atoms with van der Waals surface area (Å²) in [6.07, 6.45) is 3.71. The van der Waals surface area contributed by atoms with E-state index in [1.54, 1.807) is 0 Å². The maximum atomic E-state index is 5.08. The Balaban J connectivity index is 2.85. The number of nitrogens with two attached hydrogens (primary N) is 1. The Morgan fingerprint density at radius 3 is 2.70 bits per heavy atom. The zero-order valence-corrected chi connectivity index (χ0v) is 6.22. The topological polar surface area (TPSA) is 51.0 Å². The fourth-order valence-corrected chi connectivity index (χ4v) is 0.766. The Kier molecular flexibility index (Phi) is 1.78. The molecule has 0 radical (unpaired) electrons. The van der Waals surface area contributed by atoms with Crippen molar-refractivity contribution in [3.05, 3.63) is 24.0 Å². The van der Waals surface area contributed by atoms with Crippen molar-refractivity contribution in [3.8, 4) is 0 Å². The molecule has 0 atom stereocenters. The highest BCUT2D eigenvalue weighted by molar-refractivity contribution is 5.15. The average Bonchev–Trinajstić information content (AvgIpc) is 2.38. The van der Waals surface area contributed by atoms with E-state index in [2.05, 4.69) is 4.98 Å². The molecule has 0 aromatic carbocycles. The van der Waals surface area contributed by atoms with E-state index in [9.17, 15) is 0 Å². The van der Waals surface area contributed by atoms with Crippen LogP contribution in [0.25, 0.3) is 0 Å². The molecular formula is C7H12N2O. The molecule has 1 aromatic heterocycles. The summed E-state index contributed by atoms with van der Waals surface area (Å²) < 4.78 is 0. The predicted molar refractivity (Wildman–Crippen MR) is 39.1 cm³/mol. The first-order valence-corrected chi connectivity index (χ1v) is 3.18. The maximum Gasteiger partial charge on any atom is 0.110 e. The molecule has 0 saturated carbocycles. The molecule has 1 heterocycles. The number of hydrogen-bond acceptors (Lipinski definition) is 2. The van der Waals surface area contributed by atoms with Gasteiger partial charge in [-0.15, -0.1) is 0 Å². The van der Waals surface area contributed by atoms with E-state index in [1.165, 1.54) is 0 Å². The normalized spacial score (nSPS) is 11.9. The van der Waals surface area contributed by atoms with E-state index in [0.717, 1.165) is 5.56 Å². The third-order valence-corrected chi connectivity index (χ3v) is 1.59. The van der Waals surface area contributed by atoms with E-state index in [-0.39, 0.29) is 5.60 Å². The molecule has 0 saturated heterocycles. The molecule has 0 aliphatic heterocycles. The minimum Gasteiger partial charge on any atom is -0.367 e. The Morgan fingerprint density at radius 2 is 2.30 bits per heavy atom. The van der Waals surface area contributed by atoms with Gasteiger partial charge in [-0.25, -0.2) is 5.90 Å². The SMILES string of the molecule is CC(C)(ON)c1cc[nH]c1. The van der Waals surface area contributed by atoms with Gasteiger partial charge in [0.2, 0.25) is 0 Å². The van der Waals surface area contributed by atoms with Crippen LogP contribution in [0, 0.1) is 0 Å². The average molecular weight is 140 g/mol. The molecule has 0 aliphatic carbocycles. The molecule has 0 amide bonds. The monoisotopic (exact) mass is 140 g/mol. The summed E-state index contributed by atoms with van der Waals surface area (Å²) in [5.74, 6) is 5.08. The van der Waals surface area contributed by atoms with Crippen molar-refractivity contribution >= 4 is 0 Å². The Morgan fingerprint density at radius 1 is 1.60 bits per heavy atom. The smallest absolute Gasteiger partial charge is 0.110 e. The highest BCUT2D eigenvalue weighted by Crippen LogP contribution is 2.21. The molecule has 56 valence electrons. The lowest BCUT2D eigenvalue weighted by Crippen LogP contribution is -2.24. The van der Waals surface area contributed by atoms with Crippen molar-refractivity contribution in [1.82, 2.24) is 4.98 Å². The molecule has 0 aliphatic rings. The van der Waals surface area contributed by atoms with Gasteiger partial charge >= 0.3 is 0 Å². The van der Waals surface area contributed by atoms with Crippen molar-refractivity contribution in [2.75, 3.05) is 0 Å². The number of nitrogens with one attached hydrogen (secondary N) is 1. The Bertz CT molecular complexity index is 191. The third kappa shape index (κ3) is 1.20. The van der Waals surface area contributed by atoms with Crippen LogP contribution in [-0.2, 0) is 10.4 Å². The highest BCUT2D eigenvalue weighted by atomic mass is 16.6. The number of H-pyrrole nitrogens is 1. The van der Waals surface area contributed by atoms with E-state index < -0.39 is 0 Å². The van der Waals surface area contributed by atoms with Crippen LogP contribution in [0.2, 0.25) is 0 Å². The van der Waals surface area contributed by atoms with Gasteiger partial charge in [0.15, 0.2) is 0 Å². The minimum absolute atomic E-state index is 0.389. The van der Waals surface area contributed by atoms with Gasteiger partial charge in [-0.05, 0) is 19.9 Å². The second-order valence-electron chi connectivity index (χ2n) is 2.73.